The van der Waals surface area contributed by atoms with E-state index in [0.717, 1.165) is 16.5 Å². The van der Waals surface area contributed by atoms with E-state index in [1.165, 1.54) is 0 Å². The number of hydrogen-bond donors (Lipinski definition) is 2. The summed E-state index contributed by atoms with van der Waals surface area (Å²) in [5.74, 6) is 0.896. The number of aryl methyl sites for hydroxylation is 1. The summed E-state index contributed by atoms with van der Waals surface area (Å²) >= 11 is 0. The monoisotopic (exact) mass is 295 g/mol. The largest absolute Gasteiger partial charge is 0.486 e. The van der Waals surface area contributed by atoms with E-state index in [2.05, 4.69) is 25.5 Å². The van der Waals surface area contributed by atoms with Crippen molar-refractivity contribution in [2.75, 3.05) is 5.73 Å². The highest BCUT2D eigenvalue weighted by atomic mass is 16.5. The van der Waals surface area contributed by atoms with Crippen molar-refractivity contribution in [1.82, 2.24) is 30.2 Å². The van der Waals surface area contributed by atoms with Gasteiger partial charge in [-0.2, -0.15) is 15.4 Å². The Morgan fingerprint density at radius 2 is 2.23 bits per heavy atom. The average molecular weight is 295 g/mol. The third-order valence-electron chi connectivity index (χ3n) is 3.54. The van der Waals surface area contributed by atoms with Gasteiger partial charge in [-0.1, -0.05) is 12.1 Å². The molecule has 1 aromatic carbocycles. The fourth-order valence-corrected chi connectivity index (χ4v) is 2.45. The number of ether oxygens (including phenoxy) is 1. The van der Waals surface area contributed by atoms with Crippen molar-refractivity contribution >= 4 is 27.9 Å². The molecule has 3 heterocycles. The molecule has 3 N–H and O–H groups in total. The number of rotatable bonds is 3. The van der Waals surface area contributed by atoms with Gasteiger partial charge >= 0.3 is 0 Å². The van der Waals surface area contributed by atoms with Crippen LogP contribution in [0.3, 0.4) is 0 Å². The van der Waals surface area contributed by atoms with Crippen LogP contribution in [0.1, 0.15) is 5.56 Å². The summed E-state index contributed by atoms with van der Waals surface area (Å²) in [5.41, 5.74) is 8.86. The zero-order chi connectivity index (χ0) is 15.1. The van der Waals surface area contributed by atoms with Gasteiger partial charge in [0.15, 0.2) is 11.3 Å². The van der Waals surface area contributed by atoms with E-state index in [9.17, 15) is 0 Å². The second-order valence-electron chi connectivity index (χ2n) is 4.95. The van der Waals surface area contributed by atoms with Crippen LogP contribution in [-0.4, -0.2) is 30.2 Å². The highest BCUT2D eigenvalue weighted by Crippen LogP contribution is 2.25. The molecule has 0 aliphatic carbocycles. The van der Waals surface area contributed by atoms with E-state index in [0.29, 0.717) is 29.3 Å². The molecule has 0 unspecified atom stereocenters. The quantitative estimate of drug-likeness (QED) is 0.591. The van der Waals surface area contributed by atoms with E-state index >= 15 is 0 Å². The summed E-state index contributed by atoms with van der Waals surface area (Å²) in [4.78, 5) is 4.08. The molecular weight excluding hydrogens is 282 g/mol. The van der Waals surface area contributed by atoms with Gasteiger partial charge in [0.05, 0.1) is 11.7 Å². The van der Waals surface area contributed by atoms with Crippen molar-refractivity contribution in [3.8, 4) is 5.75 Å². The minimum Gasteiger partial charge on any atom is -0.486 e. The van der Waals surface area contributed by atoms with Gasteiger partial charge < -0.3 is 10.5 Å². The minimum atomic E-state index is 0.344. The van der Waals surface area contributed by atoms with Crippen molar-refractivity contribution in [1.29, 1.82) is 0 Å². The molecule has 4 aromatic rings. The van der Waals surface area contributed by atoms with E-state index in [-0.39, 0.29) is 0 Å². The number of nitrogens with one attached hydrogen (secondary N) is 1. The molecule has 0 saturated heterocycles. The molecule has 110 valence electrons. The molecule has 4 rings (SSSR count). The average Bonchev–Trinajstić information content (AvgIpc) is 3.12. The standard InChI is InChI=1S/C14H13N7O/c1-21-10-4-2-3-8(9(10)6-16-21)7-22-11-5-12(15)17-14-13(11)18-20-19-14/h2-6H,7H2,1H3,(H3,15,17,18,19,20). The second-order valence-corrected chi connectivity index (χ2v) is 4.95. The number of aromatic amines is 1. The normalized spacial score (nSPS) is 11.3. The van der Waals surface area contributed by atoms with Crippen molar-refractivity contribution in [2.45, 2.75) is 6.61 Å². The van der Waals surface area contributed by atoms with Gasteiger partial charge in [-0.25, -0.2) is 4.98 Å². The Balaban J connectivity index is 1.70. The van der Waals surface area contributed by atoms with E-state index in [4.69, 9.17) is 10.5 Å². The Labute approximate surface area is 124 Å². The van der Waals surface area contributed by atoms with Crippen molar-refractivity contribution < 1.29 is 4.74 Å². The third-order valence-corrected chi connectivity index (χ3v) is 3.54. The summed E-state index contributed by atoms with van der Waals surface area (Å²) in [6.07, 6.45) is 1.83. The fourth-order valence-electron chi connectivity index (χ4n) is 2.45. The van der Waals surface area contributed by atoms with Crippen LogP contribution in [0.15, 0.2) is 30.5 Å². The van der Waals surface area contributed by atoms with Crippen LogP contribution in [0.2, 0.25) is 0 Å². The Hall–Kier alpha value is -3.16. The summed E-state index contributed by atoms with van der Waals surface area (Å²) in [7, 11) is 1.91. The number of hydrogen-bond acceptors (Lipinski definition) is 6. The maximum Gasteiger partial charge on any atom is 0.207 e. The third kappa shape index (κ3) is 1.93. The van der Waals surface area contributed by atoms with Crippen molar-refractivity contribution in [3.05, 3.63) is 36.0 Å². The summed E-state index contributed by atoms with van der Waals surface area (Å²) in [6.45, 7) is 0.383. The summed E-state index contributed by atoms with van der Waals surface area (Å²) in [6, 6.07) is 7.66. The number of H-pyrrole nitrogens is 1. The van der Waals surface area contributed by atoms with Crippen LogP contribution < -0.4 is 10.5 Å². The molecule has 0 amide bonds. The van der Waals surface area contributed by atoms with Crippen LogP contribution in [0.5, 0.6) is 5.75 Å². The van der Waals surface area contributed by atoms with Gasteiger partial charge in [0.25, 0.3) is 0 Å². The zero-order valence-electron chi connectivity index (χ0n) is 11.8. The molecule has 0 aliphatic heterocycles. The lowest BCUT2D eigenvalue weighted by atomic mass is 10.1. The van der Waals surface area contributed by atoms with Gasteiger partial charge in [-0.3, -0.25) is 4.68 Å². The molecule has 0 atom stereocenters. The van der Waals surface area contributed by atoms with Gasteiger partial charge in [0.1, 0.15) is 12.4 Å². The van der Waals surface area contributed by atoms with E-state index < -0.39 is 0 Å². The first-order valence-corrected chi connectivity index (χ1v) is 6.72. The number of nitrogen functional groups attached to an aromatic ring is 1. The molecule has 22 heavy (non-hydrogen) atoms. The van der Waals surface area contributed by atoms with Crippen LogP contribution in [0.25, 0.3) is 22.1 Å². The Bertz CT molecular complexity index is 972. The van der Waals surface area contributed by atoms with E-state index in [1.54, 1.807) is 6.07 Å². The number of nitrogens with zero attached hydrogens (tertiary/aromatic N) is 5. The van der Waals surface area contributed by atoms with Gasteiger partial charge in [-0.15, -0.1) is 5.10 Å². The summed E-state index contributed by atoms with van der Waals surface area (Å²) < 4.78 is 7.71. The Morgan fingerprint density at radius 3 is 3.14 bits per heavy atom. The van der Waals surface area contributed by atoms with Crippen LogP contribution >= 0.6 is 0 Å². The van der Waals surface area contributed by atoms with Crippen molar-refractivity contribution in [2.24, 2.45) is 7.05 Å². The SMILES string of the molecule is Cn1ncc2c(COc3cc(N)nc4n[nH]nc34)cccc21. The zero-order valence-corrected chi connectivity index (χ0v) is 11.8. The smallest absolute Gasteiger partial charge is 0.207 e. The number of fused-ring (bicyclic) bond motifs is 2. The molecule has 8 heteroatoms. The lowest BCUT2D eigenvalue weighted by Gasteiger charge is -2.08. The number of nitrogens with two attached hydrogens (primary N) is 1. The van der Waals surface area contributed by atoms with Gasteiger partial charge in [-0.05, 0) is 6.07 Å². The number of anilines is 1. The van der Waals surface area contributed by atoms with Crippen LogP contribution in [0, 0.1) is 0 Å². The molecule has 0 radical (unpaired) electrons. The molecule has 3 aromatic heterocycles. The van der Waals surface area contributed by atoms with E-state index in [1.807, 2.05) is 36.1 Å². The van der Waals surface area contributed by atoms with Gasteiger partial charge in [0.2, 0.25) is 5.65 Å². The maximum absolute atomic E-state index is 5.88. The molecule has 0 saturated carbocycles. The number of aromatic nitrogens is 6. The van der Waals surface area contributed by atoms with Gasteiger partial charge in [0, 0.05) is 24.1 Å². The first-order valence-electron chi connectivity index (χ1n) is 6.72. The molecule has 0 bridgehead atoms. The lowest BCUT2D eigenvalue weighted by Crippen LogP contribution is -1.99. The Kier molecular flexibility index (Phi) is 2.68. The molecule has 0 aliphatic rings. The number of pyridine rings is 1. The van der Waals surface area contributed by atoms with Crippen LogP contribution in [-0.2, 0) is 13.7 Å². The fraction of sp³-hybridized carbons (Fsp3) is 0.143. The van der Waals surface area contributed by atoms with Crippen molar-refractivity contribution in [3.63, 3.8) is 0 Å². The maximum atomic E-state index is 5.88. The summed E-state index contributed by atoms with van der Waals surface area (Å²) in [5, 5.41) is 15.8. The molecule has 0 fully saturated rings. The van der Waals surface area contributed by atoms with Crippen LogP contribution in [0.4, 0.5) is 5.82 Å². The lowest BCUT2D eigenvalue weighted by molar-refractivity contribution is 0.311. The minimum absolute atomic E-state index is 0.344. The predicted octanol–water partition coefficient (Wildman–Crippen LogP) is 1.40. The second kappa shape index (κ2) is 4.69. The number of benzene rings is 1. The molecule has 0 spiro atoms. The highest BCUT2D eigenvalue weighted by molar-refractivity contribution is 5.82. The highest BCUT2D eigenvalue weighted by Gasteiger charge is 2.11. The first kappa shape index (κ1) is 12.6. The molecular formula is C14H13N7O. The topological polar surface area (TPSA) is 108 Å². The molecule has 8 nitrogen and oxygen atoms in total. The first-order chi connectivity index (χ1) is 10.7. The predicted molar refractivity (Wildman–Crippen MR) is 81.1 cm³/mol. The Morgan fingerprint density at radius 1 is 1.32 bits per heavy atom.